The molecule has 0 saturated carbocycles. The molecular formula is C27H36ClN5O3. The van der Waals surface area contributed by atoms with Gasteiger partial charge < -0.3 is 20.0 Å². The Morgan fingerprint density at radius 1 is 1.14 bits per heavy atom. The highest BCUT2D eigenvalue weighted by atomic mass is 35.5. The van der Waals surface area contributed by atoms with Crippen molar-refractivity contribution in [1.29, 1.82) is 0 Å². The molecule has 0 bridgehead atoms. The molecule has 0 radical (unpaired) electrons. The molecule has 0 spiro atoms. The van der Waals surface area contributed by atoms with Crippen LogP contribution in [0.1, 0.15) is 67.4 Å². The van der Waals surface area contributed by atoms with Gasteiger partial charge in [-0.05, 0) is 55.8 Å². The number of nitrogens with zero attached hydrogens (tertiary/aromatic N) is 5. The van der Waals surface area contributed by atoms with Gasteiger partial charge in [-0.25, -0.2) is 9.97 Å². The Balaban J connectivity index is 1.34. The highest BCUT2D eigenvalue weighted by molar-refractivity contribution is 6.30. The van der Waals surface area contributed by atoms with Crippen LogP contribution in [0.4, 0.5) is 5.82 Å². The lowest BCUT2D eigenvalue weighted by molar-refractivity contribution is -0.134. The highest BCUT2D eigenvalue weighted by Crippen LogP contribution is 2.43. The number of aliphatic hydroxyl groups is 2. The highest BCUT2D eigenvalue weighted by Gasteiger charge is 2.40. The molecule has 2 saturated heterocycles. The van der Waals surface area contributed by atoms with Crippen LogP contribution in [0, 0.1) is 0 Å². The van der Waals surface area contributed by atoms with Gasteiger partial charge in [0.2, 0.25) is 5.91 Å². The van der Waals surface area contributed by atoms with E-state index in [0.717, 1.165) is 48.6 Å². The van der Waals surface area contributed by atoms with Gasteiger partial charge in [0.25, 0.3) is 0 Å². The first-order chi connectivity index (χ1) is 17.5. The minimum atomic E-state index is -0.528. The maximum absolute atomic E-state index is 14.1. The van der Waals surface area contributed by atoms with E-state index in [1.54, 1.807) is 6.33 Å². The van der Waals surface area contributed by atoms with Crippen LogP contribution in [0.15, 0.2) is 30.6 Å². The fourth-order valence-electron chi connectivity index (χ4n) is 6.27. The van der Waals surface area contributed by atoms with Crippen LogP contribution in [0.3, 0.4) is 0 Å². The van der Waals surface area contributed by atoms with E-state index in [-0.39, 0.29) is 30.4 Å². The Kier molecular flexibility index (Phi) is 7.76. The number of hydrogen-bond acceptors (Lipinski definition) is 7. The number of benzene rings is 1. The van der Waals surface area contributed by atoms with E-state index >= 15 is 0 Å². The number of aromatic nitrogens is 2. The lowest BCUT2D eigenvalue weighted by atomic mass is 9.88. The van der Waals surface area contributed by atoms with Crippen molar-refractivity contribution in [3.8, 4) is 0 Å². The predicted octanol–water partition coefficient (Wildman–Crippen LogP) is 2.95. The van der Waals surface area contributed by atoms with Crippen molar-refractivity contribution >= 4 is 23.3 Å². The predicted molar refractivity (Wildman–Crippen MR) is 139 cm³/mol. The first-order valence-electron chi connectivity index (χ1n) is 13.1. The van der Waals surface area contributed by atoms with E-state index in [0.29, 0.717) is 44.0 Å². The number of amides is 1. The normalized spacial score (nSPS) is 25.3. The van der Waals surface area contributed by atoms with Crippen molar-refractivity contribution in [3.63, 3.8) is 0 Å². The first kappa shape index (κ1) is 25.4. The summed E-state index contributed by atoms with van der Waals surface area (Å²) in [5.74, 6) is 1.02. The third-order valence-corrected chi connectivity index (χ3v) is 8.32. The SMILES string of the molecule is C[C@@H]1C[C@@H](O)c2ncnc(N3CCN(C(=O)C(c4ccc(Cl)cc4)C4CCCN4CCCO)CC3)c21. The zero-order chi connectivity index (χ0) is 25.2. The molecule has 1 amide bonds. The second-order valence-corrected chi connectivity index (χ2v) is 10.7. The van der Waals surface area contributed by atoms with Gasteiger partial charge in [-0.15, -0.1) is 0 Å². The number of halogens is 1. The Morgan fingerprint density at radius 2 is 1.89 bits per heavy atom. The Morgan fingerprint density at radius 3 is 2.61 bits per heavy atom. The van der Waals surface area contributed by atoms with Crippen LogP contribution in [-0.2, 0) is 4.79 Å². The number of fused-ring (bicyclic) bond motifs is 1. The van der Waals surface area contributed by atoms with Crippen molar-refractivity contribution in [2.45, 2.75) is 56.6 Å². The van der Waals surface area contributed by atoms with Crippen molar-refractivity contribution in [3.05, 3.63) is 52.4 Å². The lowest BCUT2D eigenvalue weighted by Gasteiger charge is -2.40. The summed E-state index contributed by atoms with van der Waals surface area (Å²) in [5, 5.41) is 20.4. The molecule has 2 unspecified atom stereocenters. The zero-order valence-electron chi connectivity index (χ0n) is 20.9. The minimum absolute atomic E-state index is 0.121. The van der Waals surface area contributed by atoms with E-state index in [4.69, 9.17) is 11.6 Å². The first-order valence-corrected chi connectivity index (χ1v) is 13.5. The van der Waals surface area contributed by atoms with Crippen molar-refractivity contribution in [2.24, 2.45) is 0 Å². The van der Waals surface area contributed by atoms with E-state index in [9.17, 15) is 15.0 Å². The number of anilines is 1. The third-order valence-electron chi connectivity index (χ3n) is 8.07. The average molecular weight is 514 g/mol. The molecule has 8 nitrogen and oxygen atoms in total. The second kappa shape index (κ2) is 11.0. The van der Waals surface area contributed by atoms with Gasteiger partial charge in [0.1, 0.15) is 12.1 Å². The summed E-state index contributed by atoms with van der Waals surface area (Å²) in [6.07, 6.45) is 4.44. The van der Waals surface area contributed by atoms with Crippen LogP contribution in [0.2, 0.25) is 5.02 Å². The van der Waals surface area contributed by atoms with Crippen LogP contribution in [0.5, 0.6) is 0 Å². The van der Waals surface area contributed by atoms with E-state index in [1.807, 2.05) is 29.2 Å². The van der Waals surface area contributed by atoms with Gasteiger partial charge in [0.05, 0.1) is 17.7 Å². The number of aliphatic hydroxyl groups excluding tert-OH is 2. The van der Waals surface area contributed by atoms with Gasteiger partial charge >= 0.3 is 0 Å². The molecule has 2 fully saturated rings. The number of hydrogen-bond donors (Lipinski definition) is 2. The van der Waals surface area contributed by atoms with Crippen molar-refractivity contribution in [1.82, 2.24) is 19.8 Å². The fourth-order valence-corrected chi connectivity index (χ4v) is 6.40. The van der Waals surface area contributed by atoms with Crippen molar-refractivity contribution in [2.75, 3.05) is 50.8 Å². The summed E-state index contributed by atoms with van der Waals surface area (Å²) < 4.78 is 0. The van der Waals surface area contributed by atoms with E-state index in [2.05, 4.69) is 26.7 Å². The van der Waals surface area contributed by atoms with Gasteiger partial charge in [0, 0.05) is 56.0 Å². The monoisotopic (exact) mass is 513 g/mol. The molecular weight excluding hydrogens is 478 g/mol. The summed E-state index contributed by atoms with van der Waals surface area (Å²) in [4.78, 5) is 29.6. The number of likely N-dealkylation sites (tertiary alicyclic amines) is 1. The Labute approximate surface area is 217 Å². The summed E-state index contributed by atoms with van der Waals surface area (Å²) in [5.41, 5.74) is 2.80. The summed E-state index contributed by atoms with van der Waals surface area (Å²) in [6.45, 7) is 6.68. The standard InChI is InChI=1S/C27H36ClN5O3/c1-18-16-22(35)25-23(18)26(30-17-29-25)32-11-13-33(14-12-32)27(36)24(19-5-7-20(28)8-6-19)21-4-2-9-31(21)10-3-15-34/h5-8,17-18,21-22,24,34-35H,2-4,9-16H2,1H3/t18-,21?,22-,24?/m1/s1. The van der Waals surface area contributed by atoms with Crippen LogP contribution in [0.25, 0.3) is 0 Å². The molecule has 5 rings (SSSR count). The molecule has 1 aromatic carbocycles. The van der Waals surface area contributed by atoms with Crippen LogP contribution >= 0.6 is 11.6 Å². The maximum atomic E-state index is 14.1. The zero-order valence-corrected chi connectivity index (χ0v) is 21.6. The molecule has 9 heteroatoms. The molecule has 2 N–H and O–H groups in total. The molecule has 2 aromatic rings. The quantitative estimate of drug-likeness (QED) is 0.588. The van der Waals surface area contributed by atoms with Crippen LogP contribution in [-0.4, -0.2) is 87.8 Å². The largest absolute Gasteiger partial charge is 0.396 e. The number of carbonyl (C=O) groups excluding carboxylic acids is 1. The molecule has 3 aliphatic rings. The minimum Gasteiger partial charge on any atom is -0.396 e. The van der Waals surface area contributed by atoms with Crippen LogP contribution < -0.4 is 4.90 Å². The van der Waals surface area contributed by atoms with E-state index in [1.165, 1.54) is 0 Å². The Bertz CT molecular complexity index is 1060. The smallest absolute Gasteiger partial charge is 0.231 e. The van der Waals surface area contributed by atoms with Gasteiger partial charge in [-0.2, -0.15) is 0 Å². The van der Waals surface area contributed by atoms with Gasteiger partial charge in [-0.1, -0.05) is 30.7 Å². The maximum Gasteiger partial charge on any atom is 0.231 e. The fraction of sp³-hybridized carbons (Fsp3) is 0.593. The molecule has 4 atom stereocenters. The molecule has 1 aliphatic carbocycles. The third kappa shape index (κ3) is 4.96. The average Bonchev–Trinajstić information content (AvgIpc) is 3.47. The Hall–Kier alpha value is -2.26. The number of rotatable bonds is 7. The summed E-state index contributed by atoms with van der Waals surface area (Å²) >= 11 is 6.17. The summed E-state index contributed by atoms with van der Waals surface area (Å²) in [7, 11) is 0. The van der Waals surface area contributed by atoms with Gasteiger partial charge in [-0.3, -0.25) is 9.69 Å². The molecule has 36 heavy (non-hydrogen) atoms. The molecule has 3 heterocycles. The summed E-state index contributed by atoms with van der Waals surface area (Å²) in [6, 6.07) is 7.83. The molecule has 2 aliphatic heterocycles. The molecule has 194 valence electrons. The second-order valence-electron chi connectivity index (χ2n) is 10.3. The topological polar surface area (TPSA) is 93.0 Å². The number of piperazine rings is 1. The lowest BCUT2D eigenvalue weighted by Crippen LogP contribution is -2.52. The van der Waals surface area contributed by atoms with Gasteiger partial charge in [0.15, 0.2) is 0 Å². The number of carbonyl (C=O) groups is 1. The molecule has 1 aromatic heterocycles. The van der Waals surface area contributed by atoms with E-state index < -0.39 is 6.10 Å². The van der Waals surface area contributed by atoms with Crippen molar-refractivity contribution < 1.29 is 15.0 Å².